The van der Waals surface area contributed by atoms with Crippen molar-refractivity contribution in [1.29, 1.82) is 0 Å². The van der Waals surface area contributed by atoms with E-state index in [2.05, 4.69) is 20.6 Å². The molecule has 0 aliphatic carbocycles. The van der Waals surface area contributed by atoms with Crippen molar-refractivity contribution in [2.75, 3.05) is 24.7 Å². The Morgan fingerprint density at radius 2 is 2.40 bits per heavy atom. The van der Waals surface area contributed by atoms with Crippen LogP contribution in [0.2, 0.25) is 0 Å². The molecule has 2 atom stereocenters. The Morgan fingerprint density at radius 3 is 3.15 bits per heavy atom. The monoisotopic (exact) mass is 278 g/mol. The summed E-state index contributed by atoms with van der Waals surface area (Å²) in [5, 5.41) is 24.6. The number of nitrogens with zero attached hydrogens (tertiary/aromatic N) is 6. The second-order valence-corrected chi connectivity index (χ2v) is 4.55. The van der Waals surface area contributed by atoms with Gasteiger partial charge in [-0.1, -0.05) is 0 Å². The number of hydrogen-bond acceptors (Lipinski definition) is 7. The van der Waals surface area contributed by atoms with E-state index >= 15 is 0 Å². The Morgan fingerprint density at radius 1 is 1.55 bits per heavy atom. The van der Waals surface area contributed by atoms with Gasteiger partial charge in [0.2, 0.25) is 0 Å². The maximum absolute atomic E-state index is 11.3. The number of likely N-dealkylation sites (N-methyl/N-ethyl adjacent to an activating group) is 1. The topological polar surface area (TPSA) is 106 Å². The van der Waals surface area contributed by atoms with E-state index in [1.807, 2.05) is 11.8 Å². The van der Waals surface area contributed by atoms with Gasteiger partial charge in [0, 0.05) is 6.54 Å². The fourth-order valence-electron chi connectivity index (χ4n) is 2.45. The van der Waals surface area contributed by atoms with Crippen molar-refractivity contribution in [3.05, 3.63) is 12.1 Å². The third-order valence-electron chi connectivity index (χ3n) is 3.46. The Balaban J connectivity index is 1.94. The van der Waals surface area contributed by atoms with Crippen molar-refractivity contribution >= 4 is 17.4 Å². The predicted octanol–water partition coefficient (Wildman–Crippen LogP) is -0.555. The van der Waals surface area contributed by atoms with Gasteiger partial charge < -0.3 is 14.7 Å². The fraction of sp³-hybridized carbons (Fsp3) is 0.545. The summed E-state index contributed by atoms with van der Waals surface area (Å²) in [4.78, 5) is 13.2. The highest BCUT2D eigenvalue weighted by Gasteiger charge is 2.38. The van der Waals surface area contributed by atoms with Crippen LogP contribution in [-0.2, 0) is 9.53 Å². The van der Waals surface area contributed by atoms with Crippen molar-refractivity contribution in [2.45, 2.75) is 13.0 Å². The van der Waals surface area contributed by atoms with Gasteiger partial charge in [-0.3, -0.25) is 4.79 Å². The van der Waals surface area contributed by atoms with E-state index in [9.17, 15) is 9.90 Å². The molecule has 106 valence electrons. The number of rotatable bonds is 4. The third kappa shape index (κ3) is 2.05. The molecule has 0 amide bonds. The van der Waals surface area contributed by atoms with E-state index in [-0.39, 0.29) is 12.6 Å². The molecule has 3 heterocycles. The first-order chi connectivity index (χ1) is 9.70. The number of fused-ring (bicyclic) bond motifs is 1. The van der Waals surface area contributed by atoms with Crippen LogP contribution in [-0.4, -0.2) is 62.1 Å². The highest BCUT2D eigenvalue weighted by Crippen LogP contribution is 2.24. The molecule has 1 aliphatic heterocycles. The Kier molecular flexibility index (Phi) is 3.18. The molecule has 1 saturated heterocycles. The van der Waals surface area contributed by atoms with E-state index < -0.39 is 11.9 Å². The number of carboxylic acids is 1. The zero-order valence-corrected chi connectivity index (χ0v) is 10.9. The lowest BCUT2D eigenvalue weighted by Gasteiger charge is -2.29. The molecule has 0 aromatic carbocycles. The summed E-state index contributed by atoms with van der Waals surface area (Å²) in [6.45, 7) is 3.17. The predicted molar refractivity (Wildman–Crippen MR) is 67.3 cm³/mol. The lowest BCUT2D eigenvalue weighted by Crippen LogP contribution is -2.43. The lowest BCUT2D eigenvalue weighted by molar-refractivity contribution is -0.141. The number of ether oxygens (including phenoxy) is 1. The molecule has 2 unspecified atom stereocenters. The minimum absolute atomic E-state index is 0.226. The first-order valence-electron chi connectivity index (χ1n) is 6.33. The summed E-state index contributed by atoms with van der Waals surface area (Å²) in [5.41, 5.74) is 0.544. The van der Waals surface area contributed by atoms with Crippen LogP contribution < -0.4 is 4.90 Å². The van der Waals surface area contributed by atoms with Crippen LogP contribution in [0.1, 0.15) is 6.92 Å². The number of carboxylic acid groups (broad SMARTS) is 1. The molecule has 2 aromatic rings. The van der Waals surface area contributed by atoms with Gasteiger partial charge in [-0.2, -0.15) is 0 Å². The number of aliphatic carboxylic acids is 1. The van der Waals surface area contributed by atoms with E-state index in [1.54, 1.807) is 12.1 Å². The van der Waals surface area contributed by atoms with Crippen molar-refractivity contribution < 1.29 is 14.6 Å². The van der Waals surface area contributed by atoms with Crippen LogP contribution in [0.4, 0.5) is 5.82 Å². The van der Waals surface area contributed by atoms with Crippen LogP contribution in [0.15, 0.2) is 12.1 Å². The number of carbonyl (C=O) groups is 1. The van der Waals surface area contributed by atoms with Crippen molar-refractivity contribution in [3.63, 3.8) is 0 Å². The zero-order chi connectivity index (χ0) is 14.1. The average molecular weight is 278 g/mol. The maximum atomic E-state index is 11.3. The van der Waals surface area contributed by atoms with Gasteiger partial charge in [0.1, 0.15) is 5.92 Å². The summed E-state index contributed by atoms with van der Waals surface area (Å²) in [6, 6.07) is 3.29. The van der Waals surface area contributed by atoms with Gasteiger partial charge >= 0.3 is 5.97 Å². The molecule has 0 saturated carbocycles. The molecule has 9 heteroatoms. The normalized spacial score (nSPS) is 22.2. The second kappa shape index (κ2) is 5.00. The first-order valence-corrected chi connectivity index (χ1v) is 6.33. The zero-order valence-electron chi connectivity index (χ0n) is 10.9. The number of aromatic nitrogens is 5. The van der Waals surface area contributed by atoms with Gasteiger partial charge in [0.05, 0.1) is 19.3 Å². The van der Waals surface area contributed by atoms with Gasteiger partial charge in [0.25, 0.3) is 0 Å². The minimum Gasteiger partial charge on any atom is -0.481 e. The summed E-state index contributed by atoms with van der Waals surface area (Å²) in [7, 11) is 0. The molecule has 1 fully saturated rings. The molecular formula is C11H14N6O3. The van der Waals surface area contributed by atoms with Crippen LogP contribution in [0.3, 0.4) is 0 Å². The lowest BCUT2D eigenvalue weighted by atomic mass is 10.0. The van der Waals surface area contributed by atoms with Crippen LogP contribution >= 0.6 is 0 Å². The maximum Gasteiger partial charge on any atom is 0.311 e. The SMILES string of the molecule is CCN(c1ccc2nnnn2n1)C1COCC1C(=O)O. The Hall–Kier alpha value is -2.29. The highest BCUT2D eigenvalue weighted by molar-refractivity contribution is 5.72. The standard InChI is InChI=1S/C11H14N6O3/c1-2-16(8-6-20-5-7(8)11(18)19)10-4-3-9-12-14-15-17(9)13-10/h3-4,7-8H,2,5-6H2,1H3,(H,18,19). The molecule has 9 nitrogen and oxygen atoms in total. The van der Waals surface area contributed by atoms with Crippen LogP contribution in [0, 0.1) is 5.92 Å². The average Bonchev–Trinajstić information content (AvgIpc) is 3.07. The highest BCUT2D eigenvalue weighted by atomic mass is 16.5. The quantitative estimate of drug-likeness (QED) is 0.793. The molecule has 2 aromatic heterocycles. The van der Waals surface area contributed by atoms with E-state index in [4.69, 9.17) is 4.74 Å². The summed E-state index contributed by atoms with van der Waals surface area (Å²) < 4.78 is 6.63. The summed E-state index contributed by atoms with van der Waals surface area (Å²) in [5.74, 6) is -0.773. The first kappa shape index (κ1) is 12.7. The van der Waals surface area contributed by atoms with E-state index in [0.29, 0.717) is 24.6 Å². The second-order valence-electron chi connectivity index (χ2n) is 4.55. The van der Waals surface area contributed by atoms with Crippen molar-refractivity contribution in [2.24, 2.45) is 5.92 Å². The smallest absolute Gasteiger partial charge is 0.311 e. The number of hydrogen-bond donors (Lipinski definition) is 1. The molecule has 1 aliphatic rings. The molecule has 0 bridgehead atoms. The van der Waals surface area contributed by atoms with Crippen molar-refractivity contribution in [1.82, 2.24) is 25.3 Å². The fourth-order valence-corrected chi connectivity index (χ4v) is 2.45. The Bertz CT molecular complexity index is 629. The summed E-state index contributed by atoms with van der Waals surface area (Å²) in [6.07, 6.45) is 0. The molecule has 0 radical (unpaired) electrons. The van der Waals surface area contributed by atoms with Crippen LogP contribution in [0.5, 0.6) is 0 Å². The molecule has 0 spiro atoms. The Labute approximate surface area is 114 Å². The molecular weight excluding hydrogens is 264 g/mol. The van der Waals surface area contributed by atoms with Crippen LogP contribution in [0.25, 0.3) is 5.65 Å². The van der Waals surface area contributed by atoms with E-state index in [1.165, 1.54) is 4.63 Å². The summed E-state index contributed by atoms with van der Waals surface area (Å²) >= 11 is 0. The molecule has 1 N–H and O–H groups in total. The van der Waals surface area contributed by atoms with Gasteiger partial charge in [0.15, 0.2) is 11.5 Å². The molecule has 3 rings (SSSR count). The van der Waals surface area contributed by atoms with Gasteiger partial charge in [-0.25, -0.2) is 0 Å². The van der Waals surface area contributed by atoms with E-state index in [0.717, 1.165) is 0 Å². The van der Waals surface area contributed by atoms with Crippen molar-refractivity contribution in [3.8, 4) is 0 Å². The van der Waals surface area contributed by atoms with Gasteiger partial charge in [-0.05, 0) is 29.5 Å². The van der Waals surface area contributed by atoms with Gasteiger partial charge in [-0.15, -0.1) is 14.8 Å². The molecule has 20 heavy (non-hydrogen) atoms. The largest absolute Gasteiger partial charge is 0.481 e. The minimum atomic E-state index is -0.852. The number of tetrazole rings is 1. The third-order valence-corrected chi connectivity index (χ3v) is 3.46. The number of anilines is 1.